The van der Waals surface area contributed by atoms with Crippen LogP contribution in [0.4, 0.5) is 0 Å². The van der Waals surface area contributed by atoms with Gasteiger partial charge in [-0.15, -0.1) is 0 Å². The summed E-state index contributed by atoms with van der Waals surface area (Å²) < 4.78 is 6.22. The highest BCUT2D eigenvalue weighted by atomic mass is 32.2. The number of allylic oxidation sites excluding steroid dienone is 5. The number of nitrogens with zero attached hydrogens (tertiary/aromatic N) is 1. The van der Waals surface area contributed by atoms with Gasteiger partial charge in [0.15, 0.2) is 0 Å². The fourth-order valence-corrected chi connectivity index (χ4v) is 7.88. The van der Waals surface area contributed by atoms with Crippen molar-refractivity contribution >= 4 is 11.8 Å². The predicted molar refractivity (Wildman–Crippen MR) is 118 cm³/mol. The SMILES string of the molecule is CN1CC(O[C@@H]2C=CC(C3[C@@H]4CC=C(O)C[C@@H]4S[C@@H]3[C@H]3C=C[C@@H](O)CC3)=CC2)C1. The topological polar surface area (TPSA) is 52.9 Å². The third-order valence-electron chi connectivity index (χ3n) is 7.33. The van der Waals surface area contributed by atoms with Crippen LogP contribution in [0.5, 0.6) is 0 Å². The number of aliphatic hydroxyl groups excluding tert-OH is 2. The van der Waals surface area contributed by atoms with E-state index in [1.54, 1.807) is 0 Å². The van der Waals surface area contributed by atoms with Crippen molar-refractivity contribution in [2.24, 2.45) is 17.8 Å². The van der Waals surface area contributed by atoms with Gasteiger partial charge in [-0.2, -0.15) is 11.8 Å². The monoisotopic (exact) mass is 415 g/mol. The fraction of sp³-hybridized carbons (Fsp3) is 0.667. The molecule has 0 amide bonds. The third kappa shape index (κ3) is 4.12. The Morgan fingerprint density at radius 2 is 1.97 bits per heavy atom. The van der Waals surface area contributed by atoms with Crippen molar-refractivity contribution in [1.29, 1.82) is 0 Å². The summed E-state index contributed by atoms with van der Waals surface area (Å²) in [7, 11) is 2.14. The maximum absolute atomic E-state index is 10.1. The minimum absolute atomic E-state index is 0.209. The maximum atomic E-state index is 10.1. The van der Waals surface area contributed by atoms with Gasteiger partial charge in [-0.05, 0) is 56.2 Å². The zero-order chi connectivity index (χ0) is 20.0. The first-order chi connectivity index (χ1) is 14.1. The second-order valence-corrected chi connectivity index (χ2v) is 10.9. The molecule has 158 valence electrons. The summed E-state index contributed by atoms with van der Waals surface area (Å²) in [5.74, 6) is 2.19. The Morgan fingerprint density at radius 3 is 2.66 bits per heavy atom. The maximum Gasteiger partial charge on any atom is 0.0894 e. The zero-order valence-electron chi connectivity index (χ0n) is 17.2. The van der Waals surface area contributed by atoms with Crippen LogP contribution in [0.2, 0.25) is 0 Å². The van der Waals surface area contributed by atoms with Crippen molar-refractivity contribution in [3.05, 3.63) is 47.8 Å². The molecule has 2 N–H and O–H groups in total. The van der Waals surface area contributed by atoms with E-state index in [1.807, 2.05) is 12.2 Å². The van der Waals surface area contributed by atoms with E-state index < -0.39 is 0 Å². The molecule has 7 atom stereocenters. The largest absolute Gasteiger partial charge is 0.513 e. The fourth-order valence-electron chi connectivity index (χ4n) is 5.77. The van der Waals surface area contributed by atoms with Gasteiger partial charge in [-0.25, -0.2) is 0 Å². The van der Waals surface area contributed by atoms with Gasteiger partial charge in [0.05, 0.1) is 24.1 Å². The molecule has 5 aliphatic rings. The van der Waals surface area contributed by atoms with Gasteiger partial charge >= 0.3 is 0 Å². The van der Waals surface area contributed by atoms with Gasteiger partial charge in [0, 0.05) is 35.9 Å². The first-order valence-corrected chi connectivity index (χ1v) is 12.1. The number of fused-ring (bicyclic) bond motifs is 1. The molecule has 0 bridgehead atoms. The minimum atomic E-state index is -0.277. The quantitative estimate of drug-likeness (QED) is 0.683. The number of likely N-dealkylation sites (tertiary alicyclic amines) is 1. The highest BCUT2D eigenvalue weighted by Crippen LogP contribution is 2.55. The van der Waals surface area contributed by atoms with Crippen LogP contribution in [0, 0.1) is 17.8 Å². The normalized spacial score (nSPS) is 42.9. The number of rotatable bonds is 4. The van der Waals surface area contributed by atoms with Crippen LogP contribution >= 0.6 is 11.8 Å². The molecule has 0 aromatic carbocycles. The standard InChI is InChI=1S/C24H33NO3S/c1-25-13-20(14-25)28-19-9-4-15(5-10-19)23-21-11-8-18(27)12-22(21)29-24(23)16-2-6-17(26)7-3-16/h2,4-6,8-9,16-17,19-24,26-27H,3,7,10-14H2,1H3/t16-,17+,19+,21+,22-,23?,24+/m0/s1. The van der Waals surface area contributed by atoms with Gasteiger partial charge in [0.2, 0.25) is 0 Å². The van der Waals surface area contributed by atoms with E-state index in [1.165, 1.54) is 5.57 Å². The Balaban J connectivity index is 1.32. The summed E-state index contributed by atoms with van der Waals surface area (Å²) in [5.41, 5.74) is 1.47. The minimum Gasteiger partial charge on any atom is -0.513 e. The number of aliphatic hydroxyl groups is 2. The zero-order valence-corrected chi connectivity index (χ0v) is 18.0. The van der Waals surface area contributed by atoms with E-state index in [-0.39, 0.29) is 12.2 Å². The van der Waals surface area contributed by atoms with Gasteiger partial charge in [0.25, 0.3) is 0 Å². The molecule has 0 spiro atoms. The molecule has 1 unspecified atom stereocenters. The summed E-state index contributed by atoms with van der Waals surface area (Å²) in [6.45, 7) is 2.09. The molecule has 0 aromatic heterocycles. The summed E-state index contributed by atoms with van der Waals surface area (Å²) in [5, 5.41) is 21.0. The number of hydrogen-bond acceptors (Lipinski definition) is 5. The van der Waals surface area contributed by atoms with Crippen molar-refractivity contribution in [1.82, 2.24) is 4.90 Å². The van der Waals surface area contributed by atoms with Gasteiger partial charge in [-0.1, -0.05) is 30.4 Å². The molecule has 2 heterocycles. The molecule has 0 saturated carbocycles. The van der Waals surface area contributed by atoms with Crippen molar-refractivity contribution in [2.75, 3.05) is 20.1 Å². The molecule has 5 rings (SSSR count). The highest BCUT2D eigenvalue weighted by Gasteiger charge is 2.48. The predicted octanol–water partition coefficient (Wildman–Crippen LogP) is 3.85. The van der Waals surface area contributed by atoms with E-state index in [4.69, 9.17) is 4.74 Å². The van der Waals surface area contributed by atoms with E-state index >= 15 is 0 Å². The molecule has 0 radical (unpaired) electrons. The van der Waals surface area contributed by atoms with Crippen LogP contribution in [0.25, 0.3) is 0 Å². The Bertz CT molecular complexity index is 738. The van der Waals surface area contributed by atoms with Crippen molar-refractivity contribution in [3.63, 3.8) is 0 Å². The Hall–Kier alpha value is -1.01. The number of ether oxygens (including phenoxy) is 1. The Labute approximate surface area is 178 Å². The lowest BCUT2D eigenvalue weighted by atomic mass is 9.72. The second kappa shape index (κ2) is 8.26. The average Bonchev–Trinajstić information content (AvgIpc) is 3.06. The van der Waals surface area contributed by atoms with Crippen LogP contribution in [0.3, 0.4) is 0 Å². The Morgan fingerprint density at radius 1 is 1.10 bits per heavy atom. The highest BCUT2D eigenvalue weighted by molar-refractivity contribution is 8.00. The average molecular weight is 416 g/mol. The first kappa shape index (κ1) is 19.9. The third-order valence-corrected chi connectivity index (χ3v) is 9.15. The molecule has 29 heavy (non-hydrogen) atoms. The molecule has 5 heteroatoms. The molecule has 3 aliphatic carbocycles. The molecule has 2 aliphatic heterocycles. The van der Waals surface area contributed by atoms with Crippen molar-refractivity contribution < 1.29 is 14.9 Å². The van der Waals surface area contributed by atoms with E-state index in [0.717, 1.165) is 45.2 Å². The van der Waals surface area contributed by atoms with Gasteiger partial charge in [-0.3, -0.25) is 0 Å². The summed E-state index contributed by atoms with van der Waals surface area (Å²) in [4.78, 5) is 2.29. The van der Waals surface area contributed by atoms with Crippen LogP contribution in [0.1, 0.15) is 32.1 Å². The van der Waals surface area contributed by atoms with E-state index in [0.29, 0.717) is 40.1 Å². The van der Waals surface area contributed by atoms with Crippen molar-refractivity contribution in [2.45, 2.75) is 60.9 Å². The van der Waals surface area contributed by atoms with E-state index in [2.05, 4.69) is 48.0 Å². The molecular weight excluding hydrogens is 382 g/mol. The van der Waals surface area contributed by atoms with Crippen LogP contribution < -0.4 is 0 Å². The molecular formula is C24H33NO3S. The molecule has 2 saturated heterocycles. The van der Waals surface area contributed by atoms with Gasteiger partial charge < -0.3 is 19.8 Å². The molecule has 0 aromatic rings. The summed E-state index contributed by atoms with van der Waals surface area (Å²) in [6.07, 6.45) is 18.3. The van der Waals surface area contributed by atoms with Gasteiger partial charge in [0.1, 0.15) is 0 Å². The van der Waals surface area contributed by atoms with Crippen molar-refractivity contribution in [3.8, 4) is 0 Å². The number of likely N-dealkylation sites (N-methyl/N-ethyl adjacent to an activating group) is 1. The van der Waals surface area contributed by atoms with Crippen LogP contribution in [-0.2, 0) is 4.74 Å². The van der Waals surface area contributed by atoms with Crippen LogP contribution in [-0.4, -0.2) is 64.1 Å². The second-order valence-electron chi connectivity index (χ2n) is 9.47. The molecule has 2 fully saturated rings. The Kier molecular flexibility index (Phi) is 5.67. The lowest BCUT2D eigenvalue weighted by Crippen LogP contribution is -2.50. The van der Waals surface area contributed by atoms with Crippen LogP contribution in [0.15, 0.2) is 47.8 Å². The molecule has 4 nitrogen and oxygen atoms in total. The summed E-state index contributed by atoms with van der Waals surface area (Å²) in [6, 6.07) is 0. The smallest absolute Gasteiger partial charge is 0.0894 e. The lowest BCUT2D eigenvalue weighted by molar-refractivity contribution is -0.0672. The van der Waals surface area contributed by atoms with E-state index in [9.17, 15) is 10.2 Å². The number of thioether (sulfide) groups is 1. The summed E-state index contributed by atoms with van der Waals surface area (Å²) >= 11 is 2.09. The number of hydrogen-bond donors (Lipinski definition) is 2. The lowest BCUT2D eigenvalue weighted by Gasteiger charge is -2.38. The first-order valence-electron chi connectivity index (χ1n) is 11.2.